The molecule has 1 unspecified atom stereocenters. The van der Waals surface area contributed by atoms with E-state index in [1.165, 1.54) is 36.0 Å². The molecule has 1 nitrogen and oxygen atoms in total. The molecule has 1 aromatic carbocycles. The van der Waals surface area contributed by atoms with Gasteiger partial charge in [0.1, 0.15) is 0 Å². The first kappa shape index (κ1) is 11.2. The minimum absolute atomic E-state index is 0.152. The van der Waals surface area contributed by atoms with Crippen molar-refractivity contribution in [3.63, 3.8) is 0 Å². The minimum atomic E-state index is 0.152. The maximum atomic E-state index is 6.16. The third-order valence-electron chi connectivity index (χ3n) is 3.39. The molecule has 2 rings (SSSR count). The lowest BCUT2D eigenvalue weighted by atomic mass is 9.98. The summed E-state index contributed by atoms with van der Waals surface area (Å²) in [5.41, 5.74) is 10.5. The van der Waals surface area contributed by atoms with Crippen molar-refractivity contribution in [2.75, 3.05) is 0 Å². The first-order chi connectivity index (χ1) is 7.81. The van der Waals surface area contributed by atoms with Gasteiger partial charge in [-0.3, -0.25) is 0 Å². The summed E-state index contributed by atoms with van der Waals surface area (Å²) in [4.78, 5) is 0. The lowest BCUT2D eigenvalue weighted by Gasteiger charge is -2.12. The third kappa shape index (κ3) is 2.46. The molecule has 0 aliphatic heterocycles. The van der Waals surface area contributed by atoms with Gasteiger partial charge in [0.25, 0.3) is 0 Å². The molecule has 0 aromatic heterocycles. The topological polar surface area (TPSA) is 26.0 Å². The van der Waals surface area contributed by atoms with Crippen LogP contribution in [0.1, 0.15) is 48.4 Å². The van der Waals surface area contributed by atoms with Crippen LogP contribution in [0.15, 0.2) is 18.2 Å². The first-order valence-electron chi connectivity index (χ1n) is 6.12. The number of hydrogen-bond acceptors (Lipinski definition) is 1. The van der Waals surface area contributed by atoms with Crippen LogP contribution in [0.2, 0.25) is 0 Å². The molecule has 0 fully saturated rings. The van der Waals surface area contributed by atoms with Gasteiger partial charge in [-0.1, -0.05) is 18.2 Å². The zero-order chi connectivity index (χ0) is 11.4. The van der Waals surface area contributed by atoms with Crippen molar-refractivity contribution in [2.24, 2.45) is 5.73 Å². The molecule has 0 amide bonds. The van der Waals surface area contributed by atoms with Gasteiger partial charge in [-0.2, -0.15) is 0 Å². The van der Waals surface area contributed by atoms with Gasteiger partial charge >= 0.3 is 0 Å². The fourth-order valence-corrected chi connectivity index (χ4v) is 2.41. The van der Waals surface area contributed by atoms with Gasteiger partial charge in [-0.05, 0) is 48.8 Å². The second-order valence-electron chi connectivity index (χ2n) is 4.58. The Morgan fingerprint density at radius 3 is 2.94 bits per heavy atom. The maximum absolute atomic E-state index is 6.16. The summed E-state index contributed by atoms with van der Waals surface area (Å²) < 4.78 is 0. The van der Waals surface area contributed by atoms with E-state index in [1.54, 1.807) is 0 Å². The summed E-state index contributed by atoms with van der Waals surface area (Å²) in [5, 5.41) is 0. The molecule has 1 atom stereocenters. The number of terminal acetylenes is 1. The molecule has 2 N–H and O–H groups in total. The molecule has 0 saturated heterocycles. The number of nitrogens with two attached hydrogens (primary N) is 1. The largest absolute Gasteiger partial charge is 0.324 e. The number of unbranched alkanes of at least 4 members (excludes halogenated alkanes) is 1. The standard InChI is InChI=1S/C15H19N/c1-2-3-4-8-15(16)14-10-9-12-6-5-7-13(12)11-14/h1,9-11,15H,3-8,16H2. The predicted molar refractivity (Wildman–Crippen MR) is 68.1 cm³/mol. The van der Waals surface area contributed by atoms with E-state index in [2.05, 4.69) is 24.1 Å². The fourth-order valence-electron chi connectivity index (χ4n) is 2.41. The average molecular weight is 213 g/mol. The zero-order valence-electron chi connectivity index (χ0n) is 9.71. The Morgan fingerprint density at radius 1 is 1.31 bits per heavy atom. The van der Waals surface area contributed by atoms with E-state index in [4.69, 9.17) is 12.2 Å². The highest BCUT2D eigenvalue weighted by Gasteiger charge is 2.13. The van der Waals surface area contributed by atoms with Crippen LogP contribution in [0.3, 0.4) is 0 Å². The van der Waals surface area contributed by atoms with E-state index in [-0.39, 0.29) is 6.04 Å². The van der Waals surface area contributed by atoms with E-state index >= 15 is 0 Å². The van der Waals surface area contributed by atoms with Crippen LogP contribution in [0.25, 0.3) is 0 Å². The molecule has 0 bridgehead atoms. The molecule has 0 heterocycles. The van der Waals surface area contributed by atoms with Gasteiger partial charge in [0.2, 0.25) is 0 Å². The molecule has 84 valence electrons. The summed E-state index contributed by atoms with van der Waals surface area (Å²) in [6.07, 6.45) is 11.8. The summed E-state index contributed by atoms with van der Waals surface area (Å²) in [6, 6.07) is 6.88. The molecular weight excluding hydrogens is 194 g/mol. The highest BCUT2D eigenvalue weighted by atomic mass is 14.6. The Labute approximate surface area is 98.0 Å². The van der Waals surface area contributed by atoms with Crippen molar-refractivity contribution < 1.29 is 0 Å². The van der Waals surface area contributed by atoms with Gasteiger partial charge in [-0.15, -0.1) is 12.3 Å². The third-order valence-corrected chi connectivity index (χ3v) is 3.39. The SMILES string of the molecule is C#CCCCC(N)c1ccc2c(c1)CCC2. The monoisotopic (exact) mass is 213 g/mol. The maximum Gasteiger partial charge on any atom is 0.0295 e. The van der Waals surface area contributed by atoms with Crippen LogP contribution in [-0.2, 0) is 12.8 Å². The van der Waals surface area contributed by atoms with E-state index in [0.29, 0.717) is 0 Å². The van der Waals surface area contributed by atoms with Gasteiger partial charge in [0.05, 0.1) is 0 Å². The Bertz CT molecular complexity index is 400. The van der Waals surface area contributed by atoms with Gasteiger partial charge in [0, 0.05) is 12.5 Å². The van der Waals surface area contributed by atoms with Crippen molar-refractivity contribution in [1.29, 1.82) is 0 Å². The molecule has 0 spiro atoms. The molecule has 1 aromatic rings. The average Bonchev–Trinajstić information content (AvgIpc) is 2.76. The first-order valence-corrected chi connectivity index (χ1v) is 6.12. The molecule has 16 heavy (non-hydrogen) atoms. The lowest BCUT2D eigenvalue weighted by molar-refractivity contribution is 0.620. The smallest absolute Gasteiger partial charge is 0.0295 e. The highest BCUT2D eigenvalue weighted by molar-refractivity contribution is 5.36. The fraction of sp³-hybridized carbons (Fsp3) is 0.467. The van der Waals surface area contributed by atoms with Crippen LogP contribution < -0.4 is 5.73 Å². The zero-order valence-corrected chi connectivity index (χ0v) is 9.71. The molecule has 0 saturated carbocycles. The number of benzene rings is 1. The Kier molecular flexibility index (Phi) is 3.64. The van der Waals surface area contributed by atoms with E-state index in [9.17, 15) is 0 Å². The number of hydrogen-bond donors (Lipinski definition) is 1. The summed E-state index contributed by atoms with van der Waals surface area (Å²) in [7, 11) is 0. The molecule has 1 aliphatic rings. The molecule has 1 aliphatic carbocycles. The van der Waals surface area contributed by atoms with E-state index < -0.39 is 0 Å². The van der Waals surface area contributed by atoms with Crippen molar-refractivity contribution >= 4 is 0 Å². The number of fused-ring (bicyclic) bond motifs is 1. The lowest BCUT2D eigenvalue weighted by Crippen LogP contribution is -2.10. The van der Waals surface area contributed by atoms with Crippen molar-refractivity contribution in [3.05, 3.63) is 34.9 Å². The highest BCUT2D eigenvalue weighted by Crippen LogP contribution is 2.26. The number of rotatable bonds is 4. The summed E-state index contributed by atoms with van der Waals surface area (Å²) in [5.74, 6) is 2.66. The minimum Gasteiger partial charge on any atom is -0.324 e. The van der Waals surface area contributed by atoms with E-state index in [1.807, 2.05) is 0 Å². The van der Waals surface area contributed by atoms with Crippen LogP contribution in [0.4, 0.5) is 0 Å². The van der Waals surface area contributed by atoms with Crippen LogP contribution in [0.5, 0.6) is 0 Å². The quantitative estimate of drug-likeness (QED) is 0.604. The van der Waals surface area contributed by atoms with Crippen LogP contribution in [-0.4, -0.2) is 0 Å². The molecular formula is C15H19N. The Balaban J connectivity index is 2.01. The van der Waals surface area contributed by atoms with Gasteiger partial charge < -0.3 is 5.73 Å². The van der Waals surface area contributed by atoms with Crippen LogP contribution in [0, 0.1) is 12.3 Å². The Morgan fingerprint density at radius 2 is 2.12 bits per heavy atom. The van der Waals surface area contributed by atoms with Crippen molar-refractivity contribution in [2.45, 2.75) is 44.6 Å². The van der Waals surface area contributed by atoms with Gasteiger partial charge in [0.15, 0.2) is 0 Å². The Hall–Kier alpha value is -1.26. The van der Waals surface area contributed by atoms with Gasteiger partial charge in [-0.25, -0.2) is 0 Å². The van der Waals surface area contributed by atoms with Crippen LogP contribution >= 0.6 is 0 Å². The van der Waals surface area contributed by atoms with Crippen molar-refractivity contribution in [1.82, 2.24) is 0 Å². The summed E-state index contributed by atoms with van der Waals surface area (Å²) in [6.45, 7) is 0. The number of aryl methyl sites for hydroxylation is 2. The normalized spacial score (nSPS) is 15.5. The molecule has 1 heteroatoms. The second kappa shape index (κ2) is 5.18. The molecule has 0 radical (unpaired) electrons. The predicted octanol–water partition coefficient (Wildman–Crippen LogP) is 2.98. The van der Waals surface area contributed by atoms with Crippen molar-refractivity contribution in [3.8, 4) is 12.3 Å². The van der Waals surface area contributed by atoms with E-state index in [0.717, 1.165) is 19.3 Å². The second-order valence-corrected chi connectivity index (χ2v) is 4.58. The summed E-state index contributed by atoms with van der Waals surface area (Å²) >= 11 is 0.